The molecule has 2 heterocycles. The van der Waals surface area contributed by atoms with Gasteiger partial charge in [-0.25, -0.2) is 0 Å². The highest BCUT2D eigenvalue weighted by atomic mass is 16.5. The van der Waals surface area contributed by atoms with E-state index in [1.54, 1.807) is 4.90 Å². The van der Waals surface area contributed by atoms with Crippen molar-refractivity contribution in [3.63, 3.8) is 0 Å². The third-order valence-corrected chi connectivity index (χ3v) is 3.89. The number of rotatable bonds is 6. The smallest absolute Gasteiger partial charge is 0.232 e. The first-order chi connectivity index (χ1) is 11.2. The molecule has 3 rings (SSSR count). The van der Waals surface area contributed by atoms with Crippen LogP contribution in [0.5, 0.6) is 5.75 Å². The minimum absolute atomic E-state index is 0.0350. The molecule has 2 aromatic rings. The quantitative estimate of drug-likeness (QED) is 0.820. The average molecular weight is 315 g/mol. The maximum atomic E-state index is 12.3. The largest absolute Gasteiger partial charge is 0.494 e. The third kappa shape index (κ3) is 3.36. The zero-order chi connectivity index (χ0) is 16.2. The highest BCUT2D eigenvalue weighted by Gasteiger charge is 2.35. The number of hydrogen-bond donors (Lipinski definition) is 0. The second kappa shape index (κ2) is 6.81. The van der Waals surface area contributed by atoms with Gasteiger partial charge in [-0.15, -0.1) is 0 Å². The summed E-state index contributed by atoms with van der Waals surface area (Å²) in [7, 11) is 0. The lowest BCUT2D eigenvalue weighted by atomic mass is 10.1. The molecule has 0 saturated carbocycles. The normalized spacial score (nSPS) is 17.7. The molecule has 1 aliphatic heterocycles. The summed E-state index contributed by atoms with van der Waals surface area (Å²) in [5.41, 5.74) is 0.870. The molecule has 23 heavy (non-hydrogen) atoms. The van der Waals surface area contributed by atoms with Crippen LogP contribution in [-0.2, 0) is 11.2 Å². The van der Waals surface area contributed by atoms with Gasteiger partial charge in [-0.05, 0) is 37.6 Å². The first kappa shape index (κ1) is 15.5. The molecule has 1 fully saturated rings. The highest BCUT2D eigenvalue weighted by Crippen LogP contribution is 2.31. The summed E-state index contributed by atoms with van der Waals surface area (Å²) in [6.45, 7) is 5.21. The summed E-state index contributed by atoms with van der Waals surface area (Å²) in [6, 6.07) is 7.57. The average Bonchev–Trinajstić information content (AvgIpc) is 3.16. The van der Waals surface area contributed by atoms with Crippen molar-refractivity contribution in [2.24, 2.45) is 0 Å². The van der Waals surface area contributed by atoms with Crippen LogP contribution < -0.4 is 9.64 Å². The molecule has 122 valence electrons. The van der Waals surface area contributed by atoms with E-state index < -0.39 is 0 Å². The van der Waals surface area contributed by atoms with Gasteiger partial charge in [0.05, 0.1) is 12.5 Å². The molecular formula is C17H21N3O3. The van der Waals surface area contributed by atoms with Crippen molar-refractivity contribution in [2.75, 3.05) is 18.1 Å². The number of hydrogen-bond acceptors (Lipinski definition) is 5. The molecule has 1 aromatic carbocycles. The van der Waals surface area contributed by atoms with Crippen LogP contribution in [0.15, 0.2) is 28.8 Å². The van der Waals surface area contributed by atoms with E-state index >= 15 is 0 Å². The number of aryl methyl sites for hydroxylation is 1. The molecule has 1 amide bonds. The molecule has 0 N–H and O–H groups in total. The van der Waals surface area contributed by atoms with E-state index in [0.29, 0.717) is 25.5 Å². The first-order valence-corrected chi connectivity index (χ1v) is 8.07. The molecule has 1 aliphatic rings. The van der Waals surface area contributed by atoms with Gasteiger partial charge in [0.2, 0.25) is 11.8 Å². The SMILES string of the molecule is CCCc1noc(C2CC(=O)N(c3ccc(OCC)cc3)C2)n1. The molecule has 1 unspecified atom stereocenters. The Balaban J connectivity index is 1.71. The number of ether oxygens (including phenoxy) is 1. The van der Waals surface area contributed by atoms with Crippen LogP contribution in [0.3, 0.4) is 0 Å². The Hall–Kier alpha value is -2.37. The molecule has 0 spiro atoms. The Kier molecular flexibility index (Phi) is 4.60. The topological polar surface area (TPSA) is 68.5 Å². The van der Waals surface area contributed by atoms with Crippen molar-refractivity contribution in [1.82, 2.24) is 10.1 Å². The minimum Gasteiger partial charge on any atom is -0.494 e. The molecule has 0 radical (unpaired) electrons. The van der Waals surface area contributed by atoms with Crippen LogP contribution in [0.2, 0.25) is 0 Å². The first-order valence-electron chi connectivity index (χ1n) is 8.07. The van der Waals surface area contributed by atoms with Crippen LogP contribution in [0.1, 0.15) is 44.3 Å². The predicted octanol–water partition coefficient (Wildman–Crippen LogP) is 2.94. The van der Waals surface area contributed by atoms with E-state index in [9.17, 15) is 4.79 Å². The van der Waals surface area contributed by atoms with E-state index in [4.69, 9.17) is 9.26 Å². The van der Waals surface area contributed by atoms with Crippen molar-refractivity contribution >= 4 is 11.6 Å². The number of carbonyl (C=O) groups excluding carboxylic acids is 1. The summed E-state index contributed by atoms with van der Waals surface area (Å²) in [5.74, 6) is 2.13. The van der Waals surface area contributed by atoms with Crippen LogP contribution in [0.4, 0.5) is 5.69 Å². The van der Waals surface area contributed by atoms with E-state index in [0.717, 1.165) is 30.1 Å². The maximum absolute atomic E-state index is 12.3. The van der Waals surface area contributed by atoms with Gasteiger partial charge < -0.3 is 14.2 Å². The van der Waals surface area contributed by atoms with E-state index in [-0.39, 0.29) is 11.8 Å². The van der Waals surface area contributed by atoms with Gasteiger partial charge in [0, 0.05) is 25.1 Å². The number of carbonyl (C=O) groups is 1. The number of aromatic nitrogens is 2. The summed E-state index contributed by atoms with van der Waals surface area (Å²) in [5, 5.41) is 3.97. The van der Waals surface area contributed by atoms with Crippen LogP contribution in [0, 0.1) is 0 Å². The Labute approximate surface area is 135 Å². The zero-order valence-corrected chi connectivity index (χ0v) is 13.5. The van der Waals surface area contributed by atoms with Crippen molar-refractivity contribution < 1.29 is 14.1 Å². The fourth-order valence-corrected chi connectivity index (χ4v) is 2.77. The number of amides is 1. The lowest BCUT2D eigenvalue weighted by Gasteiger charge is -2.16. The van der Waals surface area contributed by atoms with Gasteiger partial charge >= 0.3 is 0 Å². The van der Waals surface area contributed by atoms with Gasteiger partial charge in [-0.3, -0.25) is 4.79 Å². The molecule has 1 saturated heterocycles. The van der Waals surface area contributed by atoms with E-state index in [2.05, 4.69) is 17.1 Å². The Morgan fingerprint density at radius 1 is 1.30 bits per heavy atom. The molecule has 0 bridgehead atoms. The Morgan fingerprint density at radius 2 is 2.09 bits per heavy atom. The zero-order valence-electron chi connectivity index (χ0n) is 13.5. The van der Waals surface area contributed by atoms with Gasteiger partial charge in [-0.2, -0.15) is 4.98 Å². The number of nitrogens with zero attached hydrogens (tertiary/aromatic N) is 3. The summed E-state index contributed by atoms with van der Waals surface area (Å²) in [4.78, 5) is 18.5. The molecule has 1 aromatic heterocycles. The highest BCUT2D eigenvalue weighted by molar-refractivity contribution is 5.96. The summed E-state index contributed by atoms with van der Waals surface area (Å²) >= 11 is 0. The van der Waals surface area contributed by atoms with Gasteiger partial charge in [0.25, 0.3) is 0 Å². The predicted molar refractivity (Wildman–Crippen MR) is 85.6 cm³/mol. The van der Waals surface area contributed by atoms with Crippen molar-refractivity contribution in [1.29, 1.82) is 0 Å². The van der Waals surface area contributed by atoms with Gasteiger partial charge in [0.15, 0.2) is 5.82 Å². The van der Waals surface area contributed by atoms with Crippen LogP contribution >= 0.6 is 0 Å². The van der Waals surface area contributed by atoms with Crippen molar-refractivity contribution in [3.8, 4) is 5.75 Å². The monoisotopic (exact) mass is 315 g/mol. The van der Waals surface area contributed by atoms with Crippen molar-refractivity contribution in [2.45, 2.75) is 39.0 Å². The molecular weight excluding hydrogens is 294 g/mol. The number of benzene rings is 1. The summed E-state index contributed by atoms with van der Waals surface area (Å²) in [6.07, 6.45) is 2.18. The third-order valence-electron chi connectivity index (χ3n) is 3.89. The van der Waals surface area contributed by atoms with Gasteiger partial charge in [0.1, 0.15) is 5.75 Å². The molecule has 6 heteroatoms. The maximum Gasteiger partial charge on any atom is 0.232 e. The summed E-state index contributed by atoms with van der Waals surface area (Å²) < 4.78 is 10.8. The minimum atomic E-state index is -0.0350. The Morgan fingerprint density at radius 3 is 2.78 bits per heavy atom. The van der Waals surface area contributed by atoms with E-state index in [1.165, 1.54) is 0 Å². The van der Waals surface area contributed by atoms with E-state index in [1.807, 2.05) is 31.2 Å². The second-order valence-electron chi connectivity index (χ2n) is 5.63. The lowest BCUT2D eigenvalue weighted by molar-refractivity contribution is -0.117. The van der Waals surface area contributed by atoms with Crippen molar-refractivity contribution in [3.05, 3.63) is 36.0 Å². The molecule has 1 atom stereocenters. The fraction of sp³-hybridized carbons (Fsp3) is 0.471. The standard InChI is InChI=1S/C17H21N3O3/c1-3-5-15-18-17(23-19-15)12-10-16(21)20(11-12)13-6-8-14(9-7-13)22-4-2/h6-9,12H,3-5,10-11H2,1-2H3. The molecule has 6 nitrogen and oxygen atoms in total. The van der Waals surface area contributed by atoms with Crippen LogP contribution in [-0.4, -0.2) is 29.2 Å². The fourth-order valence-electron chi connectivity index (χ4n) is 2.77. The van der Waals surface area contributed by atoms with Gasteiger partial charge in [-0.1, -0.05) is 12.1 Å². The molecule has 0 aliphatic carbocycles. The second-order valence-corrected chi connectivity index (χ2v) is 5.63. The number of anilines is 1. The lowest BCUT2D eigenvalue weighted by Crippen LogP contribution is -2.24. The Bertz CT molecular complexity index is 666. The van der Waals surface area contributed by atoms with Crippen LogP contribution in [0.25, 0.3) is 0 Å².